The summed E-state index contributed by atoms with van der Waals surface area (Å²) in [6.07, 6.45) is 1.78. The van der Waals surface area contributed by atoms with Crippen molar-refractivity contribution in [1.82, 2.24) is 9.97 Å². The Morgan fingerprint density at radius 3 is 3.00 bits per heavy atom. The van der Waals surface area contributed by atoms with Crippen LogP contribution in [0.25, 0.3) is 0 Å². The fraction of sp³-hybridized carbons (Fsp3) is 0.333. The molecule has 0 spiro atoms. The van der Waals surface area contributed by atoms with Gasteiger partial charge in [-0.1, -0.05) is 0 Å². The van der Waals surface area contributed by atoms with Crippen LogP contribution >= 0.6 is 27.3 Å². The Labute approximate surface area is 119 Å². The fourth-order valence-electron chi connectivity index (χ4n) is 1.60. The van der Waals surface area contributed by atoms with Crippen molar-refractivity contribution in [3.05, 3.63) is 33.1 Å². The van der Waals surface area contributed by atoms with E-state index in [2.05, 4.69) is 52.9 Å². The molecule has 0 aliphatic carbocycles. The van der Waals surface area contributed by atoms with Crippen molar-refractivity contribution < 1.29 is 0 Å². The first kappa shape index (κ1) is 13.3. The summed E-state index contributed by atoms with van der Waals surface area (Å²) in [6.45, 7) is 3.68. The highest BCUT2D eigenvalue weighted by Crippen LogP contribution is 2.24. The second-order valence-corrected chi connectivity index (χ2v) is 5.52. The molecule has 2 heterocycles. The van der Waals surface area contributed by atoms with E-state index >= 15 is 0 Å². The summed E-state index contributed by atoms with van der Waals surface area (Å²) in [6, 6.07) is 2.13. The van der Waals surface area contributed by atoms with Crippen molar-refractivity contribution in [3.63, 3.8) is 0 Å². The molecule has 0 radical (unpaired) electrons. The van der Waals surface area contributed by atoms with E-state index in [1.54, 1.807) is 17.5 Å². The number of aromatic nitrogens is 2. The second-order valence-electron chi connectivity index (χ2n) is 3.88. The lowest BCUT2D eigenvalue weighted by Crippen LogP contribution is -2.19. The summed E-state index contributed by atoms with van der Waals surface area (Å²) in [5.41, 5.74) is 1.29. The van der Waals surface area contributed by atoms with Crippen molar-refractivity contribution >= 4 is 39.0 Å². The summed E-state index contributed by atoms with van der Waals surface area (Å²) in [4.78, 5) is 10.8. The van der Waals surface area contributed by atoms with Crippen LogP contribution < -0.4 is 10.2 Å². The SMILES string of the molecule is CCNc1ncc(Br)c(N(C)Cc2ccsc2)n1. The molecule has 0 unspecified atom stereocenters. The first-order valence-corrected chi connectivity index (χ1v) is 7.43. The van der Waals surface area contributed by atoms with Crippen LogP contribution in [-0.2, 0) is 6.54 Å². The smallest absolute Gasteiger partial charge is 0.224 e. The largest absolute Gasteiger partial charge is 0.354 e. The minimum atomic E-state index is 0.660. The van der Waals surface area contributed by atoms with Crippen molar-refractivity contribution in [3.8, 4) is 0 Å². The monoisotopic (exact) mass is 326 g/mol. The first-order chi connectivity index (χ1) is 8.70. The van der Waals surface area contributed by atoms with E-state index in [9.17, 15) is 0 Å². The molecule has 0 aliphatic rings. The zero-order chi connectivity index (χ0) is 13.0. The van der Waals surface area contributed by atoms with Crippen LogP contribution in [0.4, 0.5) is 11.8 Å². The highest BCUT2D eigenvalue weighted by Gasteiger charge is 2.10. The Balaban J connectivity index is 2.17. The Bertz CT molecular complexity index is 501. The molecule has 2 rings (SSSR count). The maximum atomic E-state index is 4.50. The molecule has 2 aromatic heterocycles. The van der Waals surface area contributed by atoms with E-state index in [4.69, 9.17) is 0 Å². The number of hydrogen-bond donors (Lipinski definition) is 1. The van der Waals surface area contributed by atoms with Gasteiger partial charge in [0.15, 0.2) is 0 Å². The molecule has 0 atom stereocenters. The maximum Gasteiger partial charge on any atom is 0.224 e. The van der Waals surface area contributed by atoms with Crippen LogP contribution in [0.5, 0.6) is 0 Å². The average molecular weight is 327 g/mol. The van der Waals surface area contributed by atoms with Crippen LogP contribution in [0.15, 0.2) is 27.5 Å². The van der Waals surface area contributed by atoms with Gasteiger partial charge in [0.05, 0.1) is 4.47 Å². The molecule has 0 saturated heterocycles. The highest BCUT2D eigenvalue weighted by atomic mass is 79.9. The molecule has 6 heteroatoms. The lowest BCUT2D eigenvalue weighted by atomic mass is 10.3. The number of halogens is 1. The third-order valence-electron chi connectivity index (χ3n) is 2.42. The Kier molecular flexibility index (Phi) is 4.54. The van der Waals surface area contributed by atoms with E-state index < -0.39 is 0 Å². The van der Waals surface area contributed by atoms with Gasteiger partial charge < -0.3 is 10.2 Å². The molecule has 2 aromatic rings. The van der Waals surface area contributed by atoms with Crippen LogP contribution in [0, 0.1) is 0 Å². The van der Waals surface area contributed by atoms with Crippen LogP contribution in [-0.4, -0.2) is 23.6 Å². The van der Waals surface area contributed by atoms with Crippen LogP contribution in [0.3, 0.4) is 0 Å². The lowest BCUT2D eigenvalue weighted by Gasteiger charge is -2.19. The highest BCUT2D eigenvalue weighted by molar-refractivity contribution is 9.10. The van der Waals surface area contributed by atoms with Gasteiger partial charge in [-0.3, -0.25) is 0 Å². The Morgan fingerprint density at radius 1 is 1.50 bits per heavy atom. The second kappa shape index (κ2) is 6.15. The number of hydrogen-bond acceptors (Lipinski definition) is 5. The van der Waals surface area contributed by atoms with Gasteiger partial charge in [-0.05, 0) is 45.2 Å². The predicted molar refractivity (Wildman–Crippen MR) is 80.3 cm³/mol. The molecule has 0 aromatic carbocycles. The van der Waals surface area contributed by atoms with Crippen molar-refractivity contribution in [2.45, 2.75) is 13.5 Å². The van der Waals surface area contributed by atoms with Gasteiger partial charge in [0.1, 0.15) is 5.82 Å². The van der Waals surface area contributed by atoms with Crippen molar-refractivity contribution in [1.29, 1.82) is 0 Å². The van der Waals surface area contributed by atoms with E-state index in [0.29, 0.717) is 5.95 Å². The summed E-state index contributed by atoms with van der Waals surface area (Å²) in [5, 5.41) is 7.36. The summed E-state index contributed by atoms with van der Waals surface area (Å²) < 4.78 is 0.905. The third-order valence-corrected chi connectivity index (χ3v) is 3.71. The average Bonchev–Trinajstić information content (AvgIpc) is 2.84. The van der Waals surface area contributed by atoms with E-state index in [1.165, 1.54) is 5.56 Å². The molecule has 0 bridgehead atoms. The standard InChI is InChI=1S/C12H15BrN4S/c1-3-14-12-15-6-10(13)11(16-12)17(2)7-9-4-5-18-8-9/h4-6,8H,3,7H2,1-2H3,(H,14,15,16). The third kappa shape index (κ3) is 3.20. The van der Waals surface area contributed by atoms with Gasteiger partial charge in [0.2, 0.25) is 5.95 Å². The molecular formula is C12H15BrN4S. The molecule has 18 heavy (non-hydrogen) atoms. The topological polar surface area (TPSA) is 41.1 Å². The summed E-state index contributed by atoms with van der Waals surface area (Å²) >= 11 is 5.20. The molecule has 0 amide bonds. The number of anilines is 2. The lowest BCUT2D eigenvalue weighted by molar-refractivity contribution is 0.888. The van der Waals surface area contributed by atoms with Crippen LogP contribution in [0.2, 0.25) is 0 Å². The Morgan fingerprint density at radius 2 is 2.33 bits per heavy atom. The number of thiophene rings is 1. The van der Waals surface area contributed by atoms with Gasteiger partial charge in [-0.2, -0.15) is 16.3 Å². The van der Waals surface area contributed by atoms with Crippen molar-refractivity contribution in [2.75, 3.05) is 23.8 Å². The van der Waals surface area contributed by atoms with E-state index in [1.807, 2.05) is 14.0 Å². The van der Waals surface area contributed by atoms with Gasteiger partial charge in [-0.25, -0.2) is 4.98 Å². The normalized spacial score (nSPS) is 10.4. The molecule has 0 fully saturated rings. The minimum Gasteiger partial charge on any atom is -0.354 e. The minimum absolute atomic E-state index is 0.660. The number of nitrogens with one attached hydrogen (secondary N) is 1. The summed E-state index contributed by atoms with van der Waals surface area (Å²) in [5.74, 6) is 1.56. The maximum absolute atomic E-state index is 4.50. The van der Waals surface area contributed by atoms with Crippen LogP contribution in [0.1, 0.15) is 12.5 Å². The number of rotatable bonds is 5. The summed E-state index contributed by atoms with van der Waals surface area (Å²) in [7, 11) is 2.03. The zero-order valence-electron chi connectivity index (χ0n) is 10.4. The first-order valence-electron chi connectivity index (χ1n) is 5.69. The molecule has 0 saturated carbocycles. The zero-order valence-corrected chi connectivity index (χ0v) is 12.8. The molecule has 1 N–H and O–H groups in total. The van der Waals surface area contributed by atoms with Gasteiger partial charge in [0.25, 0.3) is 0 Å². The fourth-order valence-corrected chi connectivity index (χ4v) is 2.75. The van der Waals surface area contributed by atoms with E-state index in [0.717, 1.165) is 23.4 Å². The van der Waals surface area contributed by atoms with Gasteiger partial charge >= 0.3 is 0 Å². The molecular weight excluding hydrogens is 312 g/mol. The Hall–Kier alpha value is -1.14. The van der Waals surface area contributed by atoms with Crippen molar-refractivity contribution in [2.24, 2.45) is 0 Å². The quantitative estimate of drug-likeness (QED) is 0.914. The molecule has 0 aliphatic heterocycles. The van der Waals surface area contributed by atoms with E-state index in [-0.39, 0.29) is 0 Å². The van der Waals surface area contributed by atoms with Gasteiger partial charge in [-0.15, -0.1) is 0 Å². The van der Waals surface area contributed by atoms with Gasteiger partial charge in [0, 0.05) is 26.3 Å². The predicted octanol–water partition coefficient (Wildman–Crippen LogP) is 3.37. The number of nitrogens with zero attached hydrogens (tertiary/aromatic N) is 3. The molecule has 4 nitrogen and oxygen atoms in total. The molecule has 96 valence electrons.